The lowest BCUT2D eigenvalue weighted by Gasteiger charge is -2.28. The van der Waals surface area contributed by atoms with Crippen LogP contribution in [-0.2, 0) is 14.4 Å². The summed E-state index contributed by atoms with van der Waals surface area (Å²) in [6, 6.07) is -0.711. The fourth-order valence-electron chi connectivity index (χ4n) is 1.51. The van der Waals surface area contributed by atoms with Crippen molar-refractivity contribution in [3.05, 3.63) is 0 Å². The van der Waals surface area contributed by atoms with E-state index in [0.29, 0.717) is 6.42 Å². The molecule has 0 aliphatic carbocycles. The van der Waals surface area contributed by atoms with Crippen LogP contribution >= 0.6 is 0 Å². The van der Waals surface area contributed by atoms with Crippen molar-refractivity contribution in [1.29, 1.82) is 0 Å². The number of nitrogens with zero attached hydrogens (tertiary/aromatic N) is 2. The first kappa shape index (κ1) is 17.7. The van der Waals surface area contributed by atoms with Gasteiger partial charge in [0, 0.05) is 13.6 Å². The summed E-state index contributed by atoms with van der Waals surface area (Å²) in [5.74, 6) is -2.48. The molecule has 0 aromatic carbocycles. The van der Waals surface area contributed by atoms with Crippen LogP contribution in [0.2, 0.25) is 0 Å². The highest BCUT2D eigenvalue weighted by Gasteiger charge is 2.25. The van der Waals surface area contributed by atoms with Crippen molar-refractivity contribution in [3.8, 4) is 0 Å². The molecule has 0 rings (SSSR count). The number of likely N-dealkylation sites (N-methyl/N-ethyl adjacent to an activating group) is 1. The summed E-state index contributed by atoms with van der Waals surface area (Å²) >= 11 is 0. The molecule has 0 atom stereocenters. The van der Waals surface area contributed by atoms with Crippen molar-refractivity contribution < 1.29 is 24.3 Å². The molecule has 4 amide bonds. The SMILES string of the molecule is CCCN(CC(=O)NC)C(=O)N(CC(N)=O)CC(=O)O. The molecule has 0 fully saturated rings. The predicted octanol–water partition coefficient (Wildman–Crippen LogP) is -1.56. The molecule has 9 heteroatoms. The average Bonchev–Trinajstić information content (AvgIpc) is 2.35. The van der Waals surface area contributed by atoms with E-state index in [-0.39, 0.29) is 19.0 Å². The van der Waals surface area contributed by atoms with Crippen molar-refractivity contribution in [3.63, 3.8) is 0 Å². The maximum absolute atomic E-state index is 12.2. The molecule has 0 bridgehead atoms. The second-order valence-corrected chi connectivity index (χ2v) is 4.09. The molecule has 9 nitrogen and oxygen atoms in total. The molecule has 0 aliphatic heterocycles. The number of carboxylic acids is 1. The Balaban J connectivity index is 4.97. The zero-order chi connectivity index (χ0) is 15.7. The minimum Gasteiger partial charge on any atom is -0.480 e. The first-order valence-corrected chi connectivity index (χ1v) is 6.06. The van der Waals surface area contributed by atoms with Gasteiger partial charge in [-0.25, -0.2) is 4.79 Å². The zero-order valence-electron chi connectivity index (χ0n) is 11.6. The van der Waals surface area contributed by atoms with Gasteiger partial charge in [-0.2, -0.15) is 0 Å². The fraction of sp³-hybridized carbons (Fsp3) is 0.636. The molecule has 4 N–H and O–H groups in total. The van der Waals surface area contributed by atoms with E-state index in [1.807, 2.05) is 0 Å². The lowest BCUT2D eigenvalue weighted by molar-refractivity contribution is -0.138. The van der Waals surface area contributed by atoms with E-state index in [1.165, 1.54) is 11.9 Å². The second-order valence-electron chi connectivity index (χ2n) is 4.09. The third-order valence-corrected chi connectivity index (χ3v) is 2.32. The van der Waals surface area contributed by atoms with Crippen molar-refractivity contribution in [1.82, 2.24) is 15.1 Å². The molecular weight excluding hydrogens is 268 g/mol. The van der Waals surface area contributed by atoms with Gasteiger partial charge >= 0.3 is 12.0 Å². The van der Waals surface area contributed by atoms with E-state index >= 15 is 0 Å². The van der Waals surface area contributed by atoms with Crippen molar-refractivity contribution in [2.45, 2.75) is 13.3 Å². The smallest absolute Gasteiger partial charge is 0.323 e. The summed E-state index contributed by atoms with van der Waals surface area (Å²) in [6.45, 7) is 0.688. The largest absolute Gasteiger partial charge is 0.480 e. The van der Waals surface area contributed by atoms with Gasteiger partial charge < -0.3 is 26.0 Å². The van der Waals surface area contributed by atoms with Crippen LogP contribution in [0.1, 0.15) is 13.3 Å². The molecule has 0 radical (unpaired) electrons. The number of rotatable bonds is 8. The molecule has 20 heavy (non-hydrogen) atoms. The van der Waals surface area contributed by atoms with Gasteiger partial charge in [-0.15, -0.1) is 0 Å². The van der Waals surface area contributed by atoms with Crippen LogP contribution in [0.3, 0.4) is 0 Å². The molecule has 114 valence electrons. The van der Waals surface area contributed by atoms with Crippen LogP contribution in [0.5, 0.6) is 0 Å². The minimum absolute atomic E-state index is 0.210. The number of nitrogens with one attached hydrogen (secondary N) is 1. The summed E-state index contributed by atoms with van der Waals surface area (Å²) < 4.78 is 0. The standard InChI is InChI=1S/C11H20N4O5/c1-3-4-14(6-9(17)13-2)11(20)15(5-8(12)16)7-10(18)19/h3-7H2,1-2H3,(H2,12,16)(H,13,17)(H,18,19). The van der Waals surface area contributed by atoms with Gasteiger partial charge in [-0.1, -0.05) is 6.92 Å². The second kappa shape index (κ2) is 8.73. The van der Waals surface area contributed by atoms with E-state index in [9.17, 15) is 19.2 Å². The number of urea groups is 1. The summed E-state index contributed by atoms with van der Waals surface area (Å²) in [7, 11) is 1.43. The van der Waals surface area contributed by atoms with E-state index in [2.05, 4.69) is 5.32 Å². The van der Waals surface area contributed by atoms with E-state index < -0.39 is 31.0 Å². The minimum atomic E-state index is -1.27. The van der Waals surface area contributed by atoms with Gasteiger partial charge in [0.25, 0.3) is 0 Å². The van der Waals surface area contributed by atoms with Crippen LogP contribution < -0.4 is 11.1 Å². The van der Waals surface area contributed by atoms with Gasteiger partial charge in [-0.3, -0.25) is 14.4 Å². The van der Waals surface area contributed by atoms with Crippen LogP contribution in [0, 0.1) is 0 Å². The van der Waals surface area contributed by atoms with E-state index in [4.69, 9.17) is 10.8 Å². The Hall–Kier alpha value is -2.32. The molecule has 0 spiro atoms. The van der Waals surface area contributed by atoms with Crippen molar-refractivity contribution in [2.75, 3.05) is 33.2 Å². The number of hydrogen-bond acceptors (Lipinski definition) is 4. The highest BCUT2D eigenvalue weighted by Crippen LogP contribution is 2.01. The van der Waals surface area contributed by atoms with E-state index in [0.717, 1.165) is 4.90 Å². The Bertz CT molecular complexity index is 369. The molecule has 0 unspecified atom stereocenters. The Morgan fingerprint density at radius 1 is 1.10 bits per heavy atom. The third kappa shape index (κ3) is 6.57. The first-order chi connectivity index (χ1) is 9.31. The highest BCUT2D eigenvalue weighted by atomic mass is 16.4. The molecular formula is C11H20N4O5. The molecule has 0 aromatic rings. The number of nitrogens with two attached hydrogens (primary N) is 1. The van der Waals surface area contributed by atoms with Crippen molar-refractivity contribution in [2.24, 2.45) is 5.73 Å². The maximum atomic E-state index is 12.2. The fourth-order valence-corrected chi connectivity index (χ4v) is 1.51. The van der Waals surface area contributed by atoms with E-state index in [1.54, 1.807) is 6.92 Å². The van der Waals surface area contributed by atoms with Crippen LogP contribution in [0.25, 0.3) is 0 Å². The van der Waals surface area contributed by atoms with Crippen LogP contribution in [-0.4, -0.2) is 71.9 Å². The monoisotopic (exact) mass is 288 g/mol. The lowest BCUT2D eigenvalue weighted by Crippen LogP contribution is -2.51. The normalized spacial score (nSPS) is 9.70. The number of primary amides is 1. The molecule has 0 saturated heterocycles. The quantitative estimate of drug-likeness (QED) is 0.496. The summed E-state index contributed by atoms with van der Waals surface area (Å²) in [4.78, 5) is 47.1. The van der Waals surface area contributed by atoms with Crippen molar-refractivity contribution >= 4 is 23.8 Å². The summed E-state index contributed by atoms with van der Waals surface area (Å²) in [6.07, 6.45) is 0.584. The summed E-state index contributed by atoms with van der Waals surface area (Å²) in [5.41, 5.74) is 4.98. The zero-order valence-corrected chi connectivity index (χ0v) is 11.6. The Morgan fingerprint density at radius 3 is 2.10 bits per heavy atom. The Kier molecular flexibility index (Phi) is 7.71. The number of carbonyl (C=O) groups excluding carboxylic acids is 3. The number of carboxylic acid groups (broad SMARTS) is 1. The van der Waals surface area contributed by atoms with Gasteiger partial charge in [-0.05, 0) is 6.42 Å². The number of hydrogen-bond donors (Lipinski definition) is 3. The topological polar surface area (TPSA) is 133 Å². The van der Waals surface area contributed by atoms with Gasteiger partial charge in [0.05, 0.1) is 0 Å². The first-order valence-electron chi connectivity index (χ1n) is 6.06. The molecule has 0 saturated carbocycles. The van der Waals surface area contributed by atoms with Gasteiger partial charge in [0.1, 0.15) is 19.6 Å². The lowest BCUT2D eigenvalue weighted by atomic mass is 10.3. The average molecular weight is 288 g/mol. The maximum Gasteiger partial charge on any atom is 0.323 e. The number of amides is 4. The molecule has 0 heterocycles. The predicted molar refractivity (Wildman–Crippen MR) is 69.7 cm³/mol. The highest BCUT2D eigenvalue weighted by molar-refractivity contribution is 5.88. The van der Waals surface area contributed by atoms with Gasteiger partial charge in [0.2, 0.25) is 11.8 Å². The molecule has 0 aromatic heterocycles. The third-order valence-electron chi connectivity index (χ3n) is 2.32. The Morgan fingerprint density at radius 2 is 1.70 bits per heavy atom. The Labute approximate surface area is 116 Å². The van der Waals surface area contributed by atoms with Gasteiger partial charge in [0.15, 0.2) is 0 Å². The summed E-state index contributed by atoms with van der Waals surface area (Å²) in [5, 5.41) is 11.1. The number of carbonyl (C=O) groups is 4. The van der Waals surface area contributed by atoms with Crippen LogP contribution in [0.15, 0.2) is 0 Å². The van der Waals surface area contributed by atoms with Crippen LogP contribution in [0.4, 0.5) is 4.79 Å². The number of aliphatic carboxylic acids is 1. The molecule has 0 aliphatic rings.